The minimum Gasteiger partial charge on any atom is -0.569 e. The van der Waals surface area contributed by atoms with Gasteiger partial charge in [-0.2, -0.15) is 0 Å². The van der Waals surface area contributed by atoms with Crippen LogP contribution in [-0.2, 0) is 17.5 Å². The van der Waals surface area contributed by atoms with Crippen LogP contribution < -0.4 is 0 Å². The summed E-state index contributed by atoms with van der Waals surface area (Å²) in [5.74, 6) is 0.256. The summed E-state index contributed by atoms with van der Waals surface area (Å²) in [6.45, 7) is 4.09. The number of halogens is 2. The van der Waals surface area contributed by atoms with Crippen molar-refractivity contribution in [2.24, 2.45) is 0 Å². The molecule has 0 radical (unpaired) electrons. The molecule has 0 saturated heterocycles. The molecule has 1 aliphatic rings. The summed E-state index contributed by atoms with van der Waals surface area (Å²) in [6, 6.07) is 14.8. The smallest absolute Gasteiger partial charge is 0.569 e. The number of hydrogen-bond donors (Lipinski definition) is 0. The predicted octanol–water partition coefficient (Wildman–Crippen LogP) is 4.98. The third kappa shape index (κ3) is 3.56. The molecule has 0 N–H and O–H groups in total. The lowest BCUT2D eigenvalue weighted by Gasteiger charge is -2.20. The van der Waals surface area contributed by atoms with E-state index in [1.165, 1.54) is 6.08 Å². The van der Waals surface area contributed by atoms with Gasteiger partial charge >= 0.3 is 7.11 Å². The van der Waals surface area contributed by atoms with Crippen molar-refractivity contribution < 1.29 is 17.6 Å². The molecule has 0 aliphatic carbocycles. The molecule has 2 nitrogen and oxygen atoms in total. The highest BCUT2D eigenvalue weighted by atomic mass is 19.3. The molecule has 24 heavy (non-hydrogen) atoms. The number of benzene rings is 2. The lowest BCUT2D eigenvalue weighted by Crippen LogP contribution is -2.31. The van der Waals surface area contributed by atoms with Crippen molar-refractivity contribution in [1.29, 1.82) is 0 Å². The van der Waals surface area contributed by atoms with Gasteiger partial charge in [-0.15, -0.1) is 0 Å². The average Bonchev–Trinajstić information content (AvgIpc) is 2.60. The molecule has 3 rings (SSSR count). The minimum atomic E-state index is -4.38. The molecule has 124 valence electrons. The fraction of sp³-hybridized carbons (Fsp3) is 0.211. The largest absolute Gasteiger partial charge is 0.995 e. The lowest BCUT2D eigenvalue weighted by molar-refractivity contribution is -0.183. The van der Waals surface area contributed by atoms with E-state index < -0.39 is 7.11 Å². The highest BCUT2D eigenvalue weighted by Gasteiger charge is 2.53. The molecule has 0 bridgehead atoms. The molecular formula is C19H19BF2O2. The highest BCUT2D eigenvalue weighted by molar-refractivity contribution is 6.52. The van der Waals surface area contributed by atoms with Crippen LogP contribution in [0, 0.1) is 0 Å². The van der Waals surface area contributed by atoms with Gasteiger partial charge in [-0.05, 0) is 36.1 Å². The summed E-state index contributed by atoms with van der Waals surface area (Å²) in [6.07, 6.45) is 3.32. The van der Waals surface area contributed by atoms with E-state index in [0.29, 0.717) is 11.1 Å². The van der Waals surface area contributed by atoms with Crippen LogP contribution in [-0.4, -0.2) is 12.9 Å². The van der Waals surface area contributed by atoms with Crippen molar-refractivity contribution in [3.05, 3.63) is 76.9 Å². The summed E-state index contributed by atoms with van der Waals surface area (Å²) < 4.78 is 37.4. The standard InChI is InChI=1S/C19H19BF2O2/c1-3-14-5-9-16(10-6-14)18-13-19(24-20(21,22)23-18)17-11-7-15(4-2)8-12-17/h5-13H,3-4H2,1-2H3. The molecule has 2 aromatic rings. The van der Waals surface area contributed by atoms with Gasteiger partial charge in [0.2, 0.25) is 0 Å². The molecule has 2 aromatic carbocycles. The Hall–Kier alpha value is -2.43. The third-order valence-corrected chi connectivity index (χ3v) is 4.08. The molecule has 1 aliphatic heterocycles. The fourth-order valence-electron chi connectivity index (χ4n) is 2.62. The monoisotopic (exact) mass is 328 g/mol. The van der Waals surface area contributed by atoms with E-state index in [9.17, 15) is 8.63 Å². The maximum Gasteiger partial charge on any atom is 0.995 e. The maximum atomic E-state index is 13.9. The van der Waals surface area contributed by atoms with Gasteiger partial charge in [-0.1, -0.05) is 50.2 Å². The third-order valence-electron chi connectivity index (χ3n) is 4.08. The first-order valence-electron chi connectivity index (χ1n) is 8.16. The zero-order valence-corrected chi connectivity index (χ0v) is 13.8. The minimum absolute atomic E-state index is 0.128. The fourth-order valence-corrected chi connectivity index (χ4v) is 2.62. The summed E-state index contributed by atoms with van der Waals surface area (Å²) in [5.41, 5.74) is 3.51. The Morgan fingerprint density at radius 2 is 1.33 bits per heavy atom. The molecule has 1 heterocycles. The predicted molar refractivity (Wildman–Crippen MR) is 93.0 cm³/mol. The molecule has 0 spiro atoms. The van der Waals surface area contributed by atoms with Crippen LogP contribution in [0.2, 0.25) is 0 Å². The van der Waals surface area contributed by atoms with Crippen LogP contribution >= 0.6 is 0 Å². The zero-order chi connectivity index (χ0) is 17.2. The Morgan fingerprint density at radius 3 is 1.83 bits per heavy atom. The molecule has 0 saturated carbocycles. The Labute approximate surface area is 140 Å². The molecule has 5 heteroatoms. The number of carbonyl (C=O) groups excluding carboxylic acids is 1. The first-order valence-corrected chi connectivity index (χ1v) is 8.16. The van der Waals surface area contributed by atoms with Crippen LogP contribution in [0.3, 0.4) is 0 Å². The van der Waals surface area contributed by atoms with Crippen molar-refractivity contribution >= 4 is 18.6 Å². The van der Waals surface area contributed by atoms with Gasteiger partial charge in [0.05, 0.1) is 17.4 Å². The molecular weight excluding hydrogens is 309 g/mol. The van der Waals surface area contributed by atoms with Gasteiger partial charge in [0.15, 0.2) is 0 Å². The molecule has 0 aromatic heterocycles. The lowest BCUT2D eigenvalue weighted by atomic mass is 10.0. The molecule has 0 amide bonds. The van der Waals surface area contributed by atoms with Crippen LogP contribution in [0.4, 0.5) is 8.63 Å². The summed E-state index contributed by atoms with van der Waals surface area (Å²) in [7, 11) is -4.38. The van der Waals surface area contributed by atoms with Gasteiger partial charge in [0, 0.05) is 5.56 Å². The second-order valence-electron chi connectivity index (χ2n) is 5.74. The maximum absolute atomic E-state index is 13.9. The Morgan fingerprint density at radius 1 is 0.833 bits per heavy atom. The first-order chi connectivity index (χ1) is 11.5. The van der Waals surface area contributed by atoms with E-state index in [2.05, 4.69) is 0 Å². The first kappa shape index (κ1) is 16.4. The average molecular weight is 328 g/mol. The van der Waals surface area contributed by atoms with Gasteiger partial charge < -0.3 is 17.6 Å². The van der Waals surface area contributed by atoms with Crippen LogP contribution in [0.25, 0.3) is 5.76 Å². The number of aryl methyl sites for hydroxylation is 2. The van der Waals surface area contributed by atoms with E-state index in [0.717, 1.165) is 24.0 Å². The van der Waals surface area contributed by atoms with E-state index in [1.807, 2.05) is 38.1 Å². The van der Waals surface area contributed by atoms with E-state index in [-0.39, 0.29) is 11.5 Å². The second kappa shape index (κ2) is 6.60. The van der Waals surface area contributed by atoms with Gasteiger partial charge in [-0.3, -0.25) is 0 Å². The number of hydrogen-bond acceptors (Lipinski definition) is 1. The van der Waals surface area contributed by atoms with Gasteiger partial charge in [0.25, 0.3) is 5.78 Å². The van der Waals surface area contributed by atoms with Crippen molar-refractivity contribution in [3.8, 4) is 0 Å². The molecule has 0 unspecified atom stereocenters. The Bertz CT molecular complexity index is 778. The SMILES string of the molecule is CCc1ccc(C2=CC(c3ccc(CC)cc3)=[O+][B-](F)(F)O2)cc1. The normalized spacial score (nSPS) is 16.2. The number of rotatable bonds is 4. The Balaban J connectivity index is 1.97. The van der Waals surface area contributed by atoms with Crippen molar-refractivity contribution in [1.82, 2.24) is 0 Å². The highest BCUT2D eigenvalue weighted by Crippen LogP contribution is 2.29. The van der Waals surface area contributed by atoms with Crippen molar-refractivity contribution in [2.75, 3.05) is 0 Å². The number of ketones is 1. The van der Waals surface area contributed by atoms with Crippen molar-refractivity contribution in [3.63, 3.8) is 0 Å². The zero-order valence-electron chi connectivity index (χ0n) is 13.8. The molecule has 0 fully saturated rings. The van der Waals surface area contributed by atoms with Gasteiger partial charge in [0.1, 0.15) is 0 Å². The molecule has 0 atom stereocenters. The van der Waals surface area contributed by atoms with Crippen molar-refractivity contribution in [2.45, 2.75) is 26.7 Å². The number of allylic oxidation sites excluding steroid dienone is 1. The van der Waals surface area contributed by atoms with Gasteiger partial charge in [-0.25, -0.2) is 0 Å². The summed E-state index contributed by atoms with van der Waals surface area (Å²) in [5, 5.41) is 0. The van der Waals surface area contributed by atoms with Crippen LogP contribution in [0.5, 0.6) is 0 Å². The van der Waals surface area contributed by atoms with Crippen LogP contribution in [0.15, 0.2) is 54.6 Å². The quantitative estimate of drug-likeness (QED) is 0.573. The van der Waals surface area contributed by atoms with E-state index in [1.54, 1.807) is 24.3 Å². The topological polar surface area (TPSA) is 20.5 Å². The summed E-state index contributed by atoms with van der Waals surface area (Å²) >= 11 is 0. The Kier molecular flexibility index (Phi) is 4.52. The van der Waals surface area contributed by atoms with Crippen LogP contribution in [0.1, 0.15) is 40.4 Å². The van der Waals surface area contributed by atoms with E-state index >= 15 is 0 Å². The van der Waals surface area contributed by atoms with E-state index in [4.69, 9.17) is 9.00 Å². The second-order valence-corrected chi connectivity index (χ2v) is 5.74. The summed E-state index contributed by atoms with van der Waals surface area (Å²) in [4.78, 5) is 0.